The predicted molar refractivity (Wildman–Crippen MR) is 88.1 cm³/mol. The van der Waals surface area contributed by atoms with E-state index in [1.54, 1.807) is 6.92 Å². The number of furan rings is 1. The predicted octanol–water partition coefficient (Wildman–Crippen LogP) is 2.77. The Morgan fingerprint density at radius 1 is 1.10 bits per heavy atom. The second kappa shape index (κ2) is 8.34. The molecule has 1 atom stereocenters. The molecule has 114 valence electrons. The summed E-state index contributed by atoms with van der Waals surface area (Å²) in [5.41, 5.74) is 1.07. The molecule has 0 spiro atoms. The zero-order valence-electron chi connectivity index (χ0n) is 12.1. The molecule has 1 aromatic carbocycles. The monoisotopic (exact) mass is 352 g/mol. The molecule has 0 unspecified atom stereocenters. The Morgan fingerprint density at radius 2 is 1.81 bits per heavy atom. The molecule has 4 nitrogen and oxygen atoms in total. The second-order valence-corrected chi connectivity index (χ2v) is 5.92. The van der Waals surface area contributed by atoms with Crippen LogP contribution < -0.4 is 10.6 Å². The first-order chi connectivity index (χ1) is 10.1. The van der Waals surface area contributed by atoms with Gasteiger partial charge in [0.1, 0.15) is 11.5 Å². The van der Waals surface area contributed by atoms with Crippen LogP contribution in [0, 0.1) is 0 Å². The Bertz CT molecular complexity index is 537. The van der Waals surface area contributed by atoms with E-state index in [1.165, 1.54) is 0 Å². The van der Waals surface area contributed by atoms with Crippen molar-refractivity contribution >= 4 is 15.9 Å². The van der Waals surface area contributed by atoms with Gasteiger partial charge in [-0.15, -0.1) is 0 Å². The smallest absolute Gasteiger partial charge is 0.134 e. The highest BCUT2D eigenvalue weighted by atomic mass is 79.9. The Labute approximate surface area is 133 Å². The van der Waals surface area contributed by atoms with Crippen LogP contribution >= 0.6 is 15.9 Å². The molecule has 5 heteroatoms. The van der Waals surface area contributed by atoms with Crippen LogP contribution in [0.3, 0.4) is 0 Å². The summed E-state index contributed by atoms with van der Waals surface area (Å²) in [4.78, 5) is 0. The third-order valence-electron chi connectivity index (χ3n) is 3.01. The molecular formula is C16H21BrN2O2. The van der Waals surface area contributed by atoms with Gasteiger partial charge < -0.3 is 20.2 Å². The average molecular weight is 353 g/mol. The topological polar surface area (TPSA) is 57.4 Å². The van der Waals surface area contributed by atoms with Crippen molar-refractivity contribution in [2.45, 2.75) is 19.6 Å². The maximum Gasteiger partial charge on any atom is 0.134 e. The minimum absolute atomic E-state index is 0.302. The van der Waals surface area contributed by atoms with Crippen molar-refractivity contribution < 1.29 is 9.52 Å². The molecule has 0 aliphatic carbocycles. The van der Waals surface area contributed by atoms with E-state index < -0.39 is 0 Å². The number of hydrogen-bond acceptors (Lipinski definition) is 4. The van der Waals surface area contributed by atoms with Crippen molar-refractivity contribution in [3.63, 3.8) is 0 Å². The molecule has 3 N–H and O–H groups in total. The lowest BCUT2D eigenvalue weighted by molar-refractivity contribution is 0.191. The molecule has 0 bridgehead atoms. The lowest BCUT2D eigenvalue weighted by atomic mass is 10.2. The first-order valence-electron chi connectivity index (χ1n) is 7.09. The van der Waals surface area contributed by atoms with Gasteiger partial charge in [0.25, 0.3) is 0 Å². The van der Waals surface area contributed by atoms with Crippen LogP contribution in [0.4, 0.5) is 0 Å². The second-order valence-electron chi connectivity index (χ2n) is 5.00. The molecule has 2 rings (SSSR count). The summed E-state index contributed by atoms with van der Waals surface area (Å²) in [6, 6.07) is 12.0. The summed E-state index contributed by atoms with van der Waals surface area (Å²) >= 11 is 3.42. The maximum absolute atomic E-state index is 9.11. The van der Waals surface area contributed by atoms with E-state index in [-0.39, 0.29) is 6.10 Å². The van der Waals surface area contributed by atoms with Crippen LogP contribution in [0.15, 0.2) is 45.3 Å². The fraction of sp³-hybridized carbons (Fsp3) is 0.375. The Balaban J connectivity index is 1.74. The molecule has 0 saturated heterocycles. The molecule has 0 saturated carbocycles. The molecule has 0 aliphatic heterocycles. The van der Waals surface area contributed by atoms with Gasteiger partial charge in [-0.25, -0.2) is 0 Å². The number of hydrogen-bond donors (Lipinski definition) is 3. The van der Waals surface area contributed by atoms with Crippen molar-refractivity contribution in [2.75, 3.05) is 19.6 Å². The van der Waals surface area contributed by atoms with E-state index in [0.29, 0.717) is 13.1 Å². The Kier molecular flexibility index (Phi) is 6.45. The molecule has 0 fully saturated rings. The minimum Gasteiger partial charge on any atom is -0.460 e. The van der Waals surface area contributed by atoms with E-state index in [4.69, 9.17) is 9.52 Å². The fourth-order valence-electron chi connectivity index (χ4n) is 1.94. The van der Waals surface area contributed by atoms with Crippen LogP contribution in [0.2, 0.25) is 0 Å². The SMILES string of the molecule is C[C@@H](O)CNCCNCc1ccc(-c2ccc(Br)cc2)o1. The van der Waals surface area contributed by atoms with E-state index in [2.05, 4.69) is 26.6 Å². The molecule has 2 aromatic rings. The summed E-state index contributed by atoms with van der Waals surface area (Å²) in [7, 11) is 0. The van der Waals surface area contributed by atoms with Gasteiger partial charge in [0.2, 0.25) is 0 Å². The van der Waals surface area contributed by atoms with Gasteiger partial charge in [0.05, 0.1) is 12.6 Å². The van der Waals surface area contributed by atoms with Crippen molar-refractivity contribution in [2.24, 2.45) is 0 Å². The van der Waals surface area contributed by atoms with Crippen LogP contribution in [-0.4, -0.2) is 30.8 Å². The van der Waals surface area contributed by atoms with Crippen LogP contribution in [0.25, 0.3) is 11.3 Å². The molecule has 0 aliphatic rings. The zero-order valence-corrected chi connectivity index (χ0v) is 13.7. The van der Waals surface area contributed by atoms with Crippen LogP contribution in [-0.2, 0) is 6.54 Å². The van der Waals surface area contributed by atoms with E-state index >= 15 is 0 Å². The largest absolute Gasteiger partial charge is 0.460 e. The summed E-state index contributed by atoms with van der Waals surface area (Å²) in [6.07, 6.45) is -0.302. The highest BCUT2D eigenvalue weighted by molar-refractivity contribution is 9.10. The van der Waals surface area contributed by atoms with Crippen molar-refractivity contribution in [1.82, 2.24) is 10.6 Å². The molecule has 0 radical (unpaired) electrons. The van der Waals surface area contributed by atoms with Crippen molar-refractivity contribution in [3.05, 3.63) is 46.6 Å². The highest BCUT2D eigenvalue weighted by Crippen LogP contribution is 2.23. The third kappa shape index (κ3) is 5.63. The maximum atomic E-state index is 9.11. The zero-order chi connectivity index (χ0) is 15.1. The lowest BCUT2D eigenvalue weighted by Crippen LogP contribution is -2.31. The highest BCUT2D eigenvalue weighted by Gasteiger charge is 2.04. The number of halogens is 1. The summed E-state index contributed by atoms with van der Waals surface area (Å²) in [5.74, 6) is 1.80. The normalized spacial score (nSPS) is 12.5. The van der Waals surface area contributed by atoms with Gasteiger partial charge in [0, 0.05) is 29.7 Å². The van der Waals surface area contributed by atoms with Crippen molar-refractivity contribution in [1.29, 1.82) is 0 Å². The standard InChI is InChI=1S/C16H21BrN2O2/c1-12(20)10-18-8-9-19-11-15-6-7-16(21-15)13-2-4-14(17)5-3-13/h2-7,12,18-20H,8-11H2,1H3/t12-/m1/s1. The van der Waals surface area contributed by atoms with E-state index in [0.717, 1.165) is 34.6 Å². The van der Waals surface area contributed by atoms with Gasteiger partial charge in [-0.05, 0) is 31.2 Å². The Hall–Kier alpha value is -1.14. The first kappa shape index (κ1) is 16.2. The first-order valence-corrected chi connectivity index (χ1v) is 7.88. The van der Waals surface area contributed by atoms with Gasteiger partial charge in [-0.1, -0.05) is 28.1 Å². The van der Waals surface area contributed by atoms with Crippen LogP contribution in [0.1, 0.15) is 12.7 Å². The lowest BCUT2D eigenvalue weighted by Gasteiger charge is -2.07. The molecule has 0 amide bonds. The number of benzene rings is 1. The van der Waals surface area contributed by atoms with Gasteiger partial charge >= 0.3 is 0 Å². The molecule has 1 heterocycles. The number of rotatable bonds is 8. The molecule has 21 heavy (non-hydrogen) atoms. The van der Waals surface area contributed by atoms with E-state index in [1.807, 2.05) is 36.4 Å². The quantitative estimate of drug-likeness (QED) is 0.639. The van der Waals surface area contributed by atoms with E-state index in [9.17, 15) is 0 Å². The number of aliphatic hydroxyl groups excluding tert-OH is 1. The fourth-order valence-corrected chi connectivity index (χ4v) is 2.21. The number of aliphatic hydroxyl groups is 1. The van der Waals surface area contributed by atoms with Gasteiger partial charge in [0.15, 0.2) is 0 Å². The van der Waals surface area contributed by atoms with Gasteiger partial charge in [-0.3, -0.25) is 0 Å². The van der Waals surface area contributed by atoms with Crippen LogP contribution in [0.5, 0.6) is 0 Å². The van der Waals surface area contributed by atoms with Crippen molar-refractivity contribution in [3.8, 4) is 11.3 Å². The summed E-state index contributed by atoms with van der Waals surface area (Å²) < 4.78 is 6.88. The summed E-state index contributed by atoms with van der Waals surface area (Å²) in [5, 5.41) is 15.6. The molecular weight excluding hydrogens is 332 g/mol. The number of nitrogens with one attached hydrogen (secondary N) is 2. The average Bonchev–Trinajstić information content (AvgIpc) is 2.92. The summed E-state index contributed by atoms with van der Waals surface area (Å²) in [6.45, 7) is 4.75. The van der Waals surface area contributed by atoms with Gasteiger partial charge in [-0.2, -0.15) is 0 Å². The minimum atomic E-state index is -0.302. The third-order valence-corrected chi connectivity index (χ3v) is 3.54. The molecule has 1 aromatic heterocycles. The Morgan fingerprint density at radius 3 is 2.52 bits per heavy atom.